The number of nitrogens with one attached hydrogen (secondary N) is 1. The molecule has 0 spiro atoms. The lowest BCUT2D eigenvalue weighted by Crippen LogP contribution is -2.48. The van der Waals surface area contributed by atoms with E-state index in [0.29, 0.717) is 17.1 Å². The van der Waals surface area contributed by atoms with E-state index in [1.807, 2.05) is 32.0 Å². The van der Waals surface area contributed by atoms with Gasteiger partial charge in [-0.1, -0.05) is 30.3 Å². The summed E-state index contributed by atoms with van der Waals surface area (Å²) in [6.45, 7) is 6.73. The summed E-state index contributed by atoms with van der Waals surface area (Å²) < 4.78 is 11.0. The van der Waals surface area contributed by atoms with Gasteiger partial charge in [0.1, 0.15) is 5.75 Å². The normalized spacial score (nSPS) is 16.3. The summed E-state index contributed by atoms with van der Waals surface area (Å²) in [4.78, 5) is 38.6. The van der Waals surface area contributed by atoms with Crippen molar-refractivity contribution in [2.45, 2.75) is 39.9 Å². The van der Waals surface area contributed by atoms with Gasteiger partial charge in [0.2, 0.25) is 12.0 Å². The first-order valence-corrected chi connectivity index (χ1v) is 9.39. The first kappa shape index (κ1) is 20.4. The number of ether oxygens (including phenoxy) is 2. The van der Waals surface area contributed by atoms with E-state index in [4.69, 9.17) is 9.47 Å². The number of carbonyl (C=O) groups excluding carboxylic acids is 3. The van der Waals surface area contributed by atoms with Crippen LogP contribution in [0.5, 0.6) is 5.75 Å². The lowest BCUT2D eigenvalue weighted by atomic mass is 10.1. The van der Waals surface area contributed by atoms with Gasteiger partial charge in [-0.25, -0.2) is 4.79 Å². The van der Waals surface area contributed by atoms with Gasteiger partial charge in [-0.3, -0.25) is 9.59 Å². The number of benzene rings is 2. The number of hydrogen-bond acceptors (Lipinski definition) is 5. The van der Waals surface area contributed by atoms with Crippen molar-refractivity contribution >= 4 is 29.2 Å². The highest BCUT2D eigenvalue weighted by Crippen LogP contribution is 2.33. The van der Waals surface area contributed by atoms with Crippen LogP contribution in [0.25, 0.3) is 0 Å². The van der Waals surface area contributed by atoms with Gasteiger partial charge in [-0.15, -0.1) is 0 Å². The Bertz CT molecular complexity index is 936. The predicted octanol–water partition coefficient (Wildman–Crippen LogP) is 2.99. The largest absolute Gasteiger partial charge is 0.475 e. The van der Waals surface area contributed by atoms with Gasteiger partial charge < -0.3 is 19.7 Å². The molecular weight excluding hydrogens is 372 g/mol. The van der Waals surface area contributed by atoms with Crippen molar-refractivity contribution in [1.29, 1.82) is 0 Å². The van der Waals surface area contributed by atoms with Gasteiger partial charge >= 0.3 is 5.97 Å². The molecule has 0 saturated carbocycles. The molecule has 7 heteroatoms. The predicted molar refractivity (Wildman–Crippen MR) is 109 cm³/mol. The molecule has 3 rings (SSSR count). The number of aryl methyl sites for hydroxylation is 2. The van der Waals surface area contributed by atoms with Crippen molar-refractivity contribution in [3.8, 4) is 5.75 Å². The van der Waals surface area contributed by atoms with E-state index in [9.17, 15) is 14.4 Å². The third-order valence-corrected chi connectivity index (χ3v) is 4.81. The van der Waals surface area contributed by atoms with Gasteiger partial charge in [-0.2, -0.15) is 0 Å². The lowest BCUT2D eigenvalue weighted by Gasteiger charge is -2.33. The van der Waals surface area contributed by atoms with Crippen LogP contribution in [0.15, 0.2) is 42.5 Å². The molecule has 0 unspecified atom stereocenters. The molecule has 152 valence electrons. The van der Waals surface area contributed by atoms with E-state index in [1.165, 1.54) is 18.7 Å². The van der Waals surface area contributed by atoms with Gasteiger partial charge in [0, 0.05) is 12.6 Å². The first-order chi connectivity index (χ1) is 13.8. The molecule has 1 heterocycles. The Hall–Kier alpha value is -3.35. The Balaban J connectivity index is 1.68. The number of amides is 2. The fourth-order valence-corrected chi connectivity index (χ4v) is 3.20. The van der Waals surface area contributed by atoms with Crippen molar-refractivity contribution in [2.75, 3.05) is 16.8 Å². The summed E-state index contributed by atoms with van der Waals surface area (Å²) in [7, 11) is 0. The highest BCUT2D eigenvalue weighted by Gasteiger charge is 2.35. The molecule has 0 aliphatic carbocycles. The van der Waals surface area contributed by atoms with E-state index in [0.717, 1.165) is 11.1 Å². The molecule has 7 nitrogen and oxygen atoms in total. The van der Waals surface area contributed by atoms with Crippen molar-refractivity contribution in [3.63, 3.8) is 0 Å². The van der Waals surface area contributed by atoms with Gasteiger partial charge in [0.15, 0.2) is 6.10 Å². The highest BCUT2D eigenvalue weighted by molar-refractivity contribution is 5.97. The average Bonchev–Trinajstić information content (AvgIpc) is 2.69. The third-order valence-electron chi connectivity index (χ3n) is 4.81. The Labute approximate surface area is 169 Å². The second-order valence-corrected chi connectivity index (χ2v) is 7.04. The lowest BCUT2D eigenvalue weighted by molar-refractivity contribution is -0.160. The SMILES string of the molecule is CC(=O)N1C[C@H](C(=O)O[C@@H](C)C(=O)Nc2c(C)cccc2C)Oc2ccccc21. The zero-order chi connectivity index (χ0) is 21.1. The molecule has 0 aromatic heterocycles. The van der Waals surface area contributed by atoms with Crippen LogP contribution < -0.4 is 15.0 Å². The number of rotatable bonds is 4. The number of nitrogens with zero attached hydrogens (tertiary/aromatic N) is 1. The summed E-state index contributed by atoms with van der Waals surface area (Å²) in [5.41, 5.74) is 3.14. The Morgan fingerprint density at radius 3 is 2.41 bits per heavy atom. The minimum atomic E-state index is -1.02. The second-order valence-electron chi connectivity index (χ2n) is 7.04. The van der Waals surface area contributed by atoms with Crippen molar-refractivity contribution in [2.24, 2.45) is 0 Å². The molecule has 0 bridgehead atoms. The zero-order valence-corrected chi connectivity index (χ0v) is 16.9. The Kier molecular flexibility index (Phi) is 5.87. The maximum Gasteiger partial charge on any atom is 0.350 e. The minimum Gasteiger partial charge on any atom is -0.475 e. The molecule has 2 atom stereocenters. The molecule has 0 saturated heterocycles. The second kappa shape index (κ2) is 8.34. The zero-order valence-electron chi connectivity index (χ0n) is 16.9. The van der Waals surface area contributed by atoms with Crippen LogP contribution in [0, 0.1) is 13.8 Å². The van der Waals surface area contributed by atoms with Crippen LogP contribution in [0.4, 0.5) is 11.4 Å². The summed E-state index contributed by atoms with van der Waals surface area (Å²) in [5.74, 6) is -0.923. The van der Waals surface area contributed by atoms with E-state index in [-0.39, 0.29) is 12.5 Å². The van der Waals surface area contributed by atoms with Gasteiger partial charge in [0.05, 0.1) is 12.2 Å². The molecule has 0 radical (unpaired) electrons. The van der Waals surface area contributed by atoms with Crippen LogP contribution in [0.3, 0.4) is 0 Å². The molecule has 2 aromatic rings. The van der Waals surface area contributed by atoms with E-state index in [2.05, 4.69) is 5.32 Å². The maximum atomic E-state index is 12.6. The third kappa shape index (κ3) is 4.39. The van der Waals surface area contributed by atoms with Crippen LogP contribution >= 0.6 is 0 Å². The van der Waals surface area contributed by atoms with E-state index in [1.54, 1.807) is 24.3 Å². The van der Waals surface area contributed by atoms with Crippen molar-refractivity contribution in [1.82, 2.24) is 0 Å². The average molecular weight is 396 g/mol. The van der Waals surface area contributed by atoms with Crippen LogP contribution in [-0.2, 0) is 19.1 Å². The summed E-state index contributed by atoms with van der Waals surface area (Å²) in [5, 5.41) is 2.81. The standard InChI is InChI=1S/C22H24N2O5/c1-13-8-7-9-14(2)20(13)23-21(26)15(3)28-22(27)19-12-24(16(4)25)17-10-5-6-11-18(17)29-19/h5-11,15,19H,12H2,1-4H3,(H,23,26)/t15-,19+/m0/s1. The number of anilines is 2. The number of hydrogen-bond donors (Lipinski definition) is 1. The molecule has 0 fully saturated rings. The molecule has 1 aliphatic heterocycles. The monoisotopic (exact) mass is 396 g/mol. The highest BCUT2D eigenvalue weighted by atomic mass is 16.6. The Morgan fingerprint density at radius 1 is 1.10 bits per heavy atom. The molecule has 2 aromatic carbocycles. The molecule has 1 aliphatic rings. The smallest absolute Gasteiger partial charge is 0.350 e. The summed E-state index contributed by atoms with van der Waals surface area (Å²) in [6.07, 6.45) is -2.03. The van der Waals surface area contributed by atoms with Gasteiger partial charge in [0.25, 0.3) is 5.91 Å². The first-order valence-electron chi connectivity index (χ1n) is 9.39. The quantitative estimate of drug-likeness (QED) is 0.803. The fraction of sp³-hybridized carbons (Fsp3) is 0.318. The molecule has 2 amide bonds. The summed E-state index contributed by atoms with van der Waals surface area (Å²) in [6, 6.07) is 12.7. The van der Waals surface area contributed by atoms with E-state index >= 15 is 0 Å². The molecule has 1 N–H and O–H groups in total. The summed E-state index contributed by atoms with van der Waals surface area (Å²) >= 11 is 0. The number of fused-ring (bicyclic) bond motifs is 1. The van der Waals surface area contributed by atoms with Gasteiger partial charge in [-0.05, 0) is 44.0 Å². The Morgan fingerprint density at radius 2 is 1.76 bits per heavy atom. The fourth-order valence-electron chi connectivity index (χ4n) is 3.20. The van der Waals surface area contributed by atoms with E-state index < -0.39 is 24.1 Å². The van der Waals surface area contributed by atoms with Crippen LogP contribution in [0.2, 0.25) is 0 Å². The number of carbonyl (C=O) groups is 3. The minimum absolute atomic E-state index is 0.0242. The van der Waals surface area contributed by atoms with Crippen molar-refractivity contribution in [3.05, 3.63) is 53.6 Å². The number of esters is 1. The van der Waals surface area contributed by atoms with Crippen LogP contribution in [-0.4, -0.2) is 36.5 Å². The number of para-hydroxylation sites is 3. The van der Waals surface area contributed by atoms with Crippen molar-refractivity contribution < 1.29 is 23.9 Å². The maximum absolute atomic E-state index is 12.6. The molecular formula is C22H24N2O5. The van der Waals surface area contributed by atoms with Crippen LogP contribution in [0.1, 0.15) is 25.0 Å². The molecule has 29 heavy (non-hydrogen) atoms. The topological polar surface area (TPSA) is 84.9 Å².